The molecule has 6 heteroatoms. The number of nitrogens with one attached hydrogen (secondary N) is 2. The van der Waals surface area contributed by atoms with Gasteiger partial charge < -0.3 is 15.2 Å². The molecule has 0 radical (unpaired) electrons. The van der Waals surface area contributed by atoms with Crippen molar-refractivity contribution in [2.75, 3.05) is 11.9 Å². The van der Waals surface area contributed by atoms with E-state index in [0.717, 1.165) is 30.9 Å². The summed E-state index contributed by atoms with van der Waals surface area (Å²) in [6.07, 6.45) is 4.62. The summed E-state index contributed by atoms with van der Waals surface area (Å²) < 4.78 is 1.98. The first-order valence-corrected chi connectivity index (χ1v) is 9.20. The van der Waals surface area contributed by atoms with Gasteiger partial charge >= 0.3 is 0 Å². The van der Waals surface area contributed by atoms with Crippen LogP contribution >= 0.6 is 11.3 Å². The standard InChI is InChI=1S/C19H20N4OS/c1-13-3-2-4-14(7-13)10-23-11-18(21-12-23)22-19(24)17-8-15-9-20-6-5-16(15)25-17/h2-4,7-8,11-12,20H,5-6,9-10H2,1H3,(H,22,24). The minimum atomic E-state index is -0.0831. The molecule has 2 aromatic heterocycles. The third kappa shape index (κ3) is 3.65. The van der Waals surface area contributed by atoms with Gasteiger partial charge in [-0.2, -0.15) is 0 Å². The highest BCUT2D eigenvalue weighted by Crippen LogP contribution is 2.25. The second-order valence-corrected chi connectivity index (χ2v) is 7.50. The van der Waals surface area contributed by atoms with Crippen molar-refractivity contribution in [2.24, 2.45) is 0 Å². The number of carbonyl (C=O) groups excluding carboxylic acids is 1. The number of imidazole rings is 1. The summed E-state index contributed by atoms with van der Waals surface area (Å²) in [5, 5.41) is 6.24. The van der Waals surface area contributed by atoms with Crippen LogP contribution in [0.4, 0.5) is 5.82 Å². The highest BCUT2D eigenvalue weighted by atomic mass is 32.1. The number of hydrogen-bond acceptors (Lipinski definition) is 4. The van der Waals surface area contributed by atoms with Crippen LogP contribution in [0.2, 0.25) is 0 Å². The van der Waals surface area contributed by atoms with Crippen molar-refractivity contribution in [1.29, 1.82) is 0 Å². The van der Waals surface area contributed by atoms with E-state index in [4.69, 9.17) is 0 Å². The summed E-state index contributed by atoms with van der Waals surface area (Å²) in [6.45, 7) is 4.66. The Bertz CT molecular complexity index is 888. The topological polar surface area (TPSA) is 59.0 Å². The Morgan fingerprint density at radius 2 is 2.32 bits per heavy atom. The molecule has 0 atom stereocenters. The lowest BCUT2D eigenvalue weighted by Crippen LogP contribution is -2.21. The Morgan fingerprint density at radius 1 is 1.40 bits per heavy atom. The van der Waals surface area contributed by atoms with Gasteiger partial charge in [-0.3, -0.25) is 4.79 Å². The molecule has 0 bridgehead atoms. The summed E-state index contributed by atoms with van der Waals surface area (Å²) in [5.74, 6) is 0.502. The third-order valence-corrected chi connectivity index (χ3v) is 5.52. The number of benzene rings is 1. The molecule has 0 saturated carbocycles. The molecule has 1 aromatic carbocycles. The minimum Gasteiger partial charge on any atom is -0.331 e. The maximum absolute atomic E-state index is 12.5. The second-order valence-electron chi connectivity index (χ2n) is 6.36. The molecule has 4 rings (SSSR count). The van der Waals surface area contributed by atoms with Crippen LogP contribution in [-0.2, 0) is 19.5 Å². The molecule has 5 nitrogen and oxygen atoms in total. The first kappa shape index (κ1) is 16.1. The van der Waals surface area contributed by atoms with Crippen molar-refractivity contribution in [3.8, 4) is 0 Å². The average molecular weight is 352 g/mol. The predicted molar refractivity (Wildman–Crippen MR) is 100 cm³/mol. The van der Waals surface area contributed by atoms with E-state index in [9.17, 15) is 4.79 Å². The zero-order chi connectivity index (χ0) is 17.2. The lowest BCUT2D eigenvalue weighted by atomic mass is 10.1. The number of hydrogen-bond donors (Lipinski definition) is 2. The predicted octanol–water partition coefficient (Wildman–Crippen LogP) is 3.20. The van der Waals surface area contributed by atoms with Crippen LogP contribution in [-0.4, -0.2) is 22.0 Å². The fraction of sp³-hybridized carbons (Fsp3) is 0.263. The molecule has 1 amide bonds. The molecule has 25 heavy (non-hydrogen) atoms. The van der Waals surface area contributed by atoms with E-state index in [1.807, 2.05) is 16.8 Å². The lowest BCUT2D eigenvalue weighted by Gasteiger charge is -2.10. The SMILES string of the molecule is Cc1cccc(Cn2cnc(NC(=O)c3cc4c(s3)CCNC4)c2)c1. The van der Waals surface area contributed by atoms with Crippen molar-refractivity contribution >= 4 is 23.1 Å². The second kappa shape index (κ2) is 6.82. The van der Waals surface area contributed by atoms with Crippen molar-refractivity contribution < 1.29 is 4.79 Å². The summed E-state index contributed by atoms with van der Waals surface area (Å²) in [5.41, 5.74) is 3.70. The van der Waals surface area contributed by atoms with Gasteiger partial charge in [0.05, 0.1) is 11.2 Å². The highest BCUT2D eigenvalue weighted by molar-refractivity contribution is 7.14. The summed E-state index contributed by atoms with van der Waals surface area (Å²) in [6, 6.07) is 10.4. The monoisotopic (exact) mass is 352 g/mol. The van der Waals surface area contributed by atoms with Crippen LogP contribution in [0.5, 0.6) is 0 Å². The van der Waals surface area contributed by atoms with Gasteiger partial charge in [0.2, 0.25) is 0 Å². The molecular weight excluding hydrogens is 332 g/mol. The van der Waals surface area contributed by atoms with Gasteiger partial charge in [-0.05, 0) is 30.5 Å². The van der Waals surface area contributed by atoms with Crippen LogP contribution in [0.3, 0.4) is 0 Å². The zero-order valence-electron chi connectivity index (χ0n) is 14.1. The molecule has 3 aromatic rings. The number of nitrogens with zero attached hydrogens (tertiary/aromatic N) is 2. The minimum absolute atomic E-state index is 0.0831. The number of carbonyl (C=O) groups is 1. The molecular formula is C19H20N4OS. The van der Waals surface area contributed by atoms with Crippen LogP contribution in [0.15, 0.2) is 42.9 Å². The van der Waals surface area contributed by atoms with Crippen molar-refractivity contribution in [3.63, 3.8) is 0 Å². The number of anilines is 1. The smallest absolute Gasteiger partial charge is 0.266 e. The number of aromatic nitrogens is 2. The quantitative estimate of drug-likeness (QED) is 0.758. The van der Waals surface area contributed by atoms with Gasteiger partial charge in [-0.25, -0.2) is 4.98 Å². The Morgan fingerprint density at radius 3 is 3.16 bits per heavy atom. The van der Waals surface area contributed by atoms with E-state index in [-0.39, 0.29) is 5.91 Å². The van der Waals surface area contributed by atoms with Crippen LogP contribution in [0.1, 0.15) is 31.2 Å². The first-order valence-electron chi connectivity index (χ1n) is 8.38. The number of thiophene rings is 1. The molecule has 128 valence electrons. The maximum Gasteiger partial charge on any atom is 0.266 e. The summed E-state index contributed by atoms with van der Waals surface area (Å²) in [7, 11) is 0. The van der Waals surface area contributed by atoms with Crippen molar-refractivity contribution in [2.45, 2.75) is 26.4 Å². The third-order valence-electron chi connectivity index (χ3n) is 4.29. The van der Waals surface area contributed by atoms with Gasteiger partial charge in [-0.1, -0.05) is 29.8 Å². The van der Waals surface area contributed by atoms with Crippen molar-refractivity contribution in [1.82, 2.24) is 14.9 Å². The van der Waals surface area contributed by atoms with Gasteiger partial charge in [0.15, 0.2) is 5.82 Å². The summed E-state index contributed by atoms with van der Waals surface area (Å²) in [4.78, 5) is 18.8. The van der Waals surface area contributed by atoms with Gasteiger partial charge in [0.25, 0.3) is 5.91 Å². The van der Waals surface area contributed by atoms with E-state index in [1.54, 1.807) is 17.7 Å². The molecule has 2 N–H and O–H groups in total. The molecule has 3 heterocycles. The molecule has 0 fully saturated rings. The fourth-order valence-electron chi connectivity index (χ4n) is 3.07. The molecule has 0 saturated heterocycles. The van der Waals surface area contributed by atoms with Crippen LogP contribution in [0, 0.1) is 6.92 Å². The van der Waals surface area contributed by atoms with Gasteiger partial charge in [-0.15, -0.1) is 11.3 Å². The van der Waals surface area contributed by atoms with Gasteiger partial charge in [0, 0.05) is 30.7 Å². The lowest BCUT2D eigenvalue weighted by molar-refractivity contribution is 0.103. The Hall–Kier alpha value is -2.44. The van der Waals surface area contributed by atoms with Gasteiger partial charge in [0.1, 0.15) is 0 Å². The van der Waals surface area contributed by atoms with E-state index in [0.29, 0.717) is 5.82 Å². The normalized spacial score (nSPS) is 13.5. The fourth-order valence-corrected chi connectivity index (χ4v) is 4.15. The Labute approximate surface area is 150 Å². The van der Waals surface area contributed by atoms with E-state index < -0.39 is 0 Å². The Kier molecular flexibility index (Phi) is 4.38. The molecule has 0 aliphatic carbocycles. The van der Waals surface area contributed by atoms with E-state index >= 15 is 0 Å². The van der Waals surface area contributed by atoms with Crippen LogP contribution < -0.4 is 10.6 Å². The van der Waals surface area contributed by atoms with Crippen LogP contribution in [0.25, 0.3) is 0 Å². The molecule has 1 aliphatic rings. The molecule has 0 unspecified atom stereocenters. The van der Waals surface area contributed by atoms with Crippen molar-refractivity contribution in [3.05, 3.63) is 69.3 Å². The van der Waals surface area contributed by atoms with E-state index in [1.165, 1.54) is 21.6 Å². The molecule has 1 aliphatic heterocycles. The molecule has 0 spiro atoms. The zero-order valence-corrected chi connectivity index (χ0v) is 14.9. The maximum atomic E-state index is 12.5. The number of fused-ring (bicyclic) bond motifs is 1. The number of aryl methyl sites for hydroxylation is 1. The highest BCUT2D eigenvalue weighted by Gasteiger charge is 2.17. The summed E-state index contributed by atoms with van der Waals surface area (Å²) >= 11 is 1.59. The average Bonchev–Trinajstić information content (AvgIpc) is 3.21. The van der Waals surface area contributed by atoms with E-state index in [2.05, 4.69) is 46.8 Å². The first-order chi connectivity index (χ1) is 12.2. The number of rotatable bonds is 4. The Balaban J connectivity index is 1.43. The largest absolute Gasteiger partial charge is 0.331 e. The number of amides is 1.